The molecule has 11 heteroatoms. The highest BCUT2D eigenvalue weighted by Crippen LogP contribution is 2.37. The number of carbonyl (C=O) groups is 3. The van der Waals surface area contributed by atoms with Gasteiger partial charge in [0.1, 0.15) is 35.6 Å². The summed E-state index contributed by atoms with van der Waals surface area (Å²) in [6, 6.07) is 3.46. The number of halogens is 1. The number of alkyl carbamates (subject to hydrolysis) is 1. The Morgan fingerprint density at radius 1 is 1.02 bits per heavy atom. The molecule has 0 radical (unpaired) electrons. The average Bonchev–Trinajstić information content (AvgIpc) is 3.47. The summed E-state index contributed by atoms with van der Waals surface area (Å²) >= 11 is 6.30. The van der Waals surface area contributed by atoms with E-state index < -0.39 is 53.1 Å². The molecule has 2 bridgehead atoms. The third-order valence-electron chi connectivity index (χ3n) is 9.34. The van der Waals surface area contributed by atoms with Crippen LogP contribution in [0.2, 0.25) is 5.02 Å². The minimum absolute atomic E-state index is 0.0897. The second kappa shape index (κ2) is 13.6. The van der Waals surface area contributed by atoms with E-state index in [-0.39, 0.29) is 18.6 Å². The van der Waals surface area contributed by atoms with Gasteiger partial charge in [-0.1, -0.05) is 64.3 Å². The van der Waals surface area contributed by atoms with Gasteiger partial charge in [0.2, 0.25) is 11.8 Å². The molecule has 1 aliphatic carbocycles. The molecule has 256 valence electrons. The fourth-order valence-electron chi connectivity index (χ4n) is 6.93. The number of hydrogen-bond acceptors (Lipinski definition) is 8. The summed E-state index contributed by atoms with van der Waals surface area (Å²) in [5, 5.41) is 3.41. The molecule has 2 aromatic rings. The summed E-state index contributed by atoms with van der Waals surface area (Å²) in [6.45, 7) is 17.1. The van der Waals surface area contributed by atoms with Gasteiger partial charge in [-0.15, -0.1) is 0 Å². The Kier molecular flexibility index (Phi) is 10.1. The van der Waals surface area contributed by atoms with Crippen LogP contribution in [0, 0.1) is 17.3 Å². The van der Waals surface area contributed by atoms with E-state index in [1.54, 1.807) is 32.9 Å². The molecule has 1 N–H and O–H groups in total. The van der Waals surface area contributed by atoms with Gasteiger partial charge in [0.05, 0.1) is 17.6 Å². The normalized spacial score (nSPS) is 28.0. The molecule has 1 aromatic heterocycles. The maximum absolute atomic E-state index is 14.5. The Morgan fingerprint density at radius 3 is 2.47 bits per heavy atom. The Balaban J connectivity index is 1.56. The number of rotatable bonds is 1. The van der Waals surface area contributed by atoms with Gasteiger partial charge >= 0.3 is 12.1 Å². The van der Waals surface area contributed by atoms with E-state index >= 15 is 0 Å². The molecular formula is C36H49ClN4O6. The second-order valence-corrected chi connectivity index (χ2v) is 15.9. The van der Waals surface area contributed by atoms with Crippen LogP contribution in [0.3, 0.4) is 0 Å². The van der Waals surface area contributed by atoms with Crippen LogP contribution in [0.1, 0.15) is 92.7 Å². The first-order chi connectivity index (χ1) is 22.0. The quantitative estimate of drug-likeness (QED) is 0.260. The van der Waals surface area contributed by atoms with E-state index in [2.05, 4.69) is 11.9 Å². The molecule has 5 rings (SSSR count). The average molecular weight is 669 g/mol. The van der Waals surface area contributed by atoms with Crippen LogP contribution in [-0.4, -0.2) is 69.3 Å². The van der Waals surface area contributed by atoms with Crippen LogP contribution in [0.4, 0.5) is 4.79 Å². The molecule has 2 fully saturated rings. The van der Waals surface area contributed by atoms with Gasteiger partial charge in [-0.05, 0) is 70.1 Å². The van der Waals surface area contributed by atoms with E-state index in [4.69, 9.17) is 35.8 Å². The van der Waals surface area contributed by atoms with E-state index in [1.807, 2.05) is 33.8 Å². The number of fused-ring (bicyclic) bond motifs is 5. The van der Waals surface area contributed by atoms with Gasteiger partial charge in [-0.2, -0.15) is 0 Å². The van der Waals surface area contributed by atoms with E-state index in [0.29, 0.717) is 29.3 Å². The number of nitrogens with one attached hydrogen (secondary N) is 1. The highest BCUT2D eigenvalue weighted by molar-refractivity contribution is 6.31. The van der Waals surface area contributed by atoms with Crippen molar-refractivity contribution in [3.8, 4) is 5.88 Å². The number of nitrogens with zero attached hydrogens (tertiary/aromatic N) is 3. The molecule has 1 aromatic carbocycles. The highest BCUT2D eigenvalue weighted by Gasteiger charge is 2.51. The third kappa shape index (κ3) is 8.19. The number of carbonyl (C=O) groups excluding carboxylic acids is 3. The van der Waals surface area contributed by atoms with E-state index in [9.17, 15) is 14.4 Å². The van der Waals surface area contributed by atoms with Crippen molar-refractivity contribution >= 4 is 40.6 Å². The van der Waals surface area contributed by atoms with E-state index in [0.717, 1.165) is 48.9 Å². The standard InChI is InChI=1S/C36H49ClN4O6/c1-20-16-22-12-10-9-11-13-25-31(39-26-18-23(37)14-15-24(26)38-25)45-28-19-41(29(21(28)2)33(43)47-36(6,7)8)32(42)30(35(3,4)5)40-34(44)46-27(22)17-20/h14-15,18,21-22,27-30H,1,9-13,16-17,19H2,2-8H3,(H,40,44)/t21-,22-,27-,28+,29+,30-/m1/s1. The molecule has 0 spiro atoms. The number of aromatic nitrogens is 2. The van der Waals surface area contributed by atoms with Crippen LogP contribution in [0.15, 0.2) is 30.4 Å². The molecule has 1 saturated carbocycles. The summed E-state index contributed by atoms with van der Waals surface area (Å²) in [7, 11) is 0. The van der Waals surface area contributed by atoms with Gasteiger partial charge in [0.15, 0.2) is 0 Å². The minimum Gasteiger partial charge on any atom is -0.471 e. The van der Waals surface area contributed by atoms with Crippen molar-refractivity contribution in [2.24, 2.45) is 17.3 Å². The highest BCUT2D eigenvalue weighted by atomic mass is 35.5. The van der Waals surface area contributed by atoms with Crippen molar-refractivity contribution in [1.29, 1.82) is 0 Å². The first-order valence-electron chi connectivity index (χ1n) is 16.8. The van der Waals surface area contributed by atoms with Crippen LogP contribution in [0.5, 0.6) is 5.88 Å². The molecule has 0 unspecified atom stereocenters. The maximum atomic E-state index is 14.5. The Bertz CT molecular complexity index is 1530. The number of esters is 1. The van der Waals surface area contributed by atoms with Gasteiger partial charge in [0.25, 0.3) is 0 Å². The second-order valence-electron chi connectivity index (χ2n) is 15.5. The largest absolute Gasteiger partial charge is 0.471 e. The lowest BCUT2D eigenvalue weighted by Crippen LogP contribution is -2.58. The number of aryl methyl sites for hydroxylation is 1. The predicted molar refractivity (Wildman–Crippen MR) is 180 cm³/mol. The van der Waals surface area contributed by atoms with Crippen molar-refractivity contribution in [2.45, 2.75) is 123 Å². The molecule has 6 atom stereocenters. The van der Waals surface area contributed by atoms with Crippen molar-refractivity contribution in [2.75, 3.05) is 6.54 Å². The predicted octanol–water partition coefficient (Wildman–Crippen LogP) is 6.81. The molecule has 3 aliphatic rings. The summed E-state index contributed by atoms with van der Waals surface area (Å²) in [6.07, 6.45) is 4.18. The minimum atomic E-state index is -0.981. The number of ether oxygens (including phenoxy) is 3. The molecule has 1 saturated heterocycles. The zero-order chi connectivity index (χ0) is 34.3. The fraction of sp³-hybridized carbons (Fsp3) is 0.639. The Hall–Kier alpha value is -3.40. The summed E-state index contributed by atoms with van der Waals surface area (Å²) in [5.74, 6) is -0.866. The number of hydrogen-bond donors (Lipinski definition) is 1. The maximum Gasteiger partial charge on any atom is 0.408 e. The lowest BCUT2D eigenvalue weighted by atomic mass is 9.85. The first kappa shape index (κ1) is 34.9. The molecule has 2 amide bonds. The number of benzene rings is 1. The monoisotopic (exact) mass is 668 g/mol. The van der Waals surface area contributed by atoms with Crippen LogP contribution >= 0.6 is 11.6 Å². The molecule has 2 aliphatic heterocycles. The smallest absolute Gasteiger partial charge is 0.408 e. The fourth-order valence-corrected chi connectivity index (χ4v) is 7.09. The van der Waals surface area contributed by atoms with E-state index in [1.165, 1.54) is 4.90 Å². The summed E-state index contributed by atoms with van der Waals surface area (Å²) in [4.78, 5) is 52.9. The Morgan fingerprint density at radius 2 is 1.77 bits per heavy atom. The molecule has 10 nitrogen and oxygen atoms in total. The molecular weight excluding hydrogens is 620 g/mol. The first-order valence-corrected chi connectivity index (χ1v) is 17.2. The van der Waals surface area contributed by atoms with Crippen LogP contribution in [-0.2, 0) is 25.5 Å². The molecule has 47 heavy (non-hydrogen) atoms. The SMILES string of the molecule is C=C1C[C@H]2CCCCCc3nc4ccc(Cl)cc4nc3O[C@H]3CN(C(=O)[C@H](C(C)(C)C)NC(=O)O[C@@H]2C1)[C@H](C(=O)OC(C)(C)C)[C@@H]3C. The lowest BCUT2D eigenvalue weighted by Gasteiger charge is -2.36. The lowest BCUT2D eigenvalue weighted by molar-refractivity contribution is -0.165. The number of amides is 2. The van der Waals surface area contributed by atoms with Gasteiger partial charge in [-0.3, -0.25) is 4.79 Å². The van der Waals surface area contributed by atoms with Crippen molar-refractivity contribution in [1.82, 2.24) is 20.2 Å². The third-order valence-corrected chi connectivity index (χ3v) is 9.58. The van der Waals surface area contributed by atoms with Crippen LogP contribution < -0.4 is 10.1 Å². The van der Waals surface area contributed by atoms with Crippen molar-refractivity contribution < 1.29 is 28.6 Å². The summed E-state index contributed by atoms with van der Waals surface area (Å²) in [5.41, 5.74) is 1.63. The van der Waals surface area contributed by atoms with Gasteiger partial charge < -0.3 is 24.4 Å². The van der Waals surface area contributed by atoms with Gasteiger partial charge in [0, 0.05) is 23.3 Å². The van der Waals surface area contributed by atoms with Crippen molar-refractivity contribution in [3.05, 3.63) is 41.1 Å². The van der Waals surface area contributed by atoms with Crippen LogP contribution in [0.25, 0.3) is 11.0 Å². The van der Waals surface area contributed by atoms with Gasteiger partial charge in [-0.25, -0.2) is 19.6 Å². The topological polar surface area (TPSA) is 120 Å². The van der Waals surface area contributed by atoms with Crippen molar-refractivity contribution in [3.63, 3.8) is 0 Å². The summed E-state index contributed by atoms with van der Waals surface area (Å²) < 4.78 is 18.4. The Labute approximate surface area is 283 Å². The zero-order valence-electron chi connectivity index (χ0n) is 28.7. The molecule has 3 heterocycles. The zero-order valence-corrected chi connectivity index (χ0v) is 29.5.